The molecule has 0 saturated heterocycles. The molecule has 3 unspecified atom stereocenters. The first kappa shape index (κ1) is 20.8. The molecule has 0 spiro atoms. The highest BCUT2D eigenvalue weighted by atomic mass is 16.2. The Morgan fingerprint density at radius 3 is 2.48 bits per heavy atom. The number of anilines is 2. The lowest BCUT2D eigenvalue weighted by atomic mass is 9.82. The van der Waals surface area contributed by atoms with Crippen LogP contribution in [0.2, 0.25) is 0 Å². The first-order valence-corrected chi connectivity index (χ1v) is 10.1. The maximum atomic E-state index is 12.6. The molecule has 2 N–H and O–H groups in total. The van der Waals surface area contributed by atoms with Crippen molar-refractivity contribution >= 4 is 23.3 Å². The molecule has 2 amide bonds. The van der Waals surface area contributed by atoms with E-state index in [0.717, 1.165) is 22.8 Å². The van der Waals surface area contributed by atoms with Crippen molar-refractivity contribution in [3.63, 3.8) is 0 Å². The topological polar surface area (TPSA) is 74.3 Å². The number of carbonyl (C=O) groups is 2. The van der Waals surface area contributed by atoms with Gasteiger partial charge in [-0.1, -0.05) is 13.0 Å². The molecule has 0 fully saturated rings. The number of benzene rings is 1. The van der Waals surface area contributed by atoms with Crippen molar-refractivity contribution in [3.8, 4) is 0 Å². The summed E-state index contributed by atoms with van der Waals surface area (Å²) in [5.74, 6) is 0.790. The van der Waals surface area contributed by atoms with Gasteiger partial charge in [0.25, 0.3) is 5.91 Å². The highest BCUT2D eigenvalue weighted by molar-refractivity contribution is 5.98. The summed E-state index contributed by atoms with van der Waals surface area (Å²) in [5, 5.41) is 6.48. The Hall–Kier alpha value is -2.89. The first-order valence-electron chi connectivity index (χ1n) is 10.1. The zero-order valence-electron chi connectivity index (χ0n) is 18.0. The molecule has 0 saturated carbocycles. The fraction of sp³-hybridized carbons (Fsp3) is 0.435. The summed E-state index contributed by atoms with van der Waals surface area (Å²) in [4.78, 5) is 31.4. The van der Waals surface area contributed by atoms with E-state index in [1.165, 1.54) is 0 Å². The first-order chi connectivity index (χ1) is 13.7. The lowest BCUT2D eigenvalue weighted by Gasteiger charge is -2.44. The lowest BCUT2D eigenvalue weighted by Crippen LogP contribution is -2.48. The van der Waals surface area contributed by atoms with E-state index in [2.05, 4.69) is 29.5 Å². The molecule has 1 aromatic carbocycles. The number of carbonyl (C=O) groups excluding carboxylic acids is 2. The maximum absolute atomic E-state index is 12.6. The van der Waals surface area contributed by atoms with Crippen LogP contribution >= 0.6 is 0 Å². The van der Waals surface area contributed by atoms with Gasteiger partial charge in [-0.2, -0.15) is 0 Å². The Kier molecular flexibility index (Phi) is 5.91. The average molecular weight is 395 g/mol. The van der Waals surface area contributed by atoms with E-state index in [-0.39, 0.29) is 35.9 Å². The SMILES string of the molecule is CC(=O)N1c2ccc(C(=O)NC(C)C)cc2C(Nc2cccc(C)n2)C(C)C1C. The number of pyridine rings is 1. The van der Waals surface area contributed by atoms with Crippen LogP contribution in [0, 0.1) is 12.8 Å². The fourth-order valence-electron chi connectivity index (χ4n) is 3.97. The van der Waals surface area contributed by atoms with Crippen LogP contribution < -0.4 is 15.5 Å². The molecular weight excluding hydrogens is 364 g/mol. The predicted octanol–water partition coefficient (Wildman–Crippen LogP) is 4.07. The summed E-state index contributed by atoms with van der Waals surface area (Å²) in [6.07, 6.45) is 0. The third-order valence-corrected chi connectivity index (χ3v) is 5.53. The van der Waals surface area contributed by atoms with Crippen molar-refractivity contribution in [1.82, 2.24) is 10.3 Å². The van der Waals surface area contributed by atoms with Gasteiger partial charge in [0.1, 0.15) is 5.82 Å². The number of fused-ring (bicyclic) bond motifs is 1. The Morgan fingerprint density at radius 1 is 1.14 bits per heavy atom. The standard InChI is InChI=1S/C23H30N4O2/c1-13(2)24-23(29)18-10-11-20-19(12-18)22(15(4)16(5)27(20)17(6)28)26-21-9-7-8-14(3)25-21/h7-13,15-16,22H,1-6H3,(H,24,29)(H,25,26). The number of nitrogens with zero attached hydrogens (tertiary/aromatic N) is 2. The third-order valence-electron chi connectivity index (χ3n) is 5.53. The number of rotatable bonds is 4. The van der Waals surface area contributed by atoms with Crippen molar-refractivity contribution < 1.29 is 9.59 Å². The minimum Gasteiger partial charge on any atom is -0.363 e. The molecule has 0 bridgehead atoms. The van der Waals surface area contributed by atoms with Gasteiger partial charge in [0, 0.05) is 41.9 Å². The molecule has 6 nitrogen and oxygen atoms in total. The zero-order chi connectivity index (χ0) is 21.3. The molecule has 1 aromatic heterocycles. The van der Waals surface area contributed by atoms with E-state index in [9.17, 15) is 9.59 Å². The number of aryl methyl sites for hydroxylation is 1. The molecule has 1 aliphatic rings. The van der Waals surface area contributed by atoms with Gasteiger partial charge in [0.2, 0.25) is 5.91 Å². The van der Waals surface area contributed by atoms with Gasteiger partial charge in [-0.25, -0.2) is 4.98 Å². The van der Waals surface area contributed by atoms with Crippen LogP contribution in [-0.4, -0.2) is 28.9 Å². The van der Waals surface area contributed by atoms with Crippen molar-refractivity contribution in [2.45, 2.75) is 59.7 Å². The van der Waals surface area contributed by atoms with Gasteiger partial charge < -0.3 is 15.5 Å². The molecular formula is C23H30N4O2. The van der Waals surface area contributed by atoms with Crippen LogP contribution in [0.4, 0.5) is 11.5 Å². The Balaban J connectivity index is 2.08. The number of amides is 2. The quantitative estimate of drug-likeness (QED) is 0.820. The minimum absolute atomic E-state index is 0.00267. The molecule has 29 heavy (non-hydrogen) atoms. The molecule has 3 atom stereocenters. The van der Waals surface area contributed by atoms with Crippen LogP contribution in [0.1, 0.15) is 62.3 Å². The molecule has 2 aromatic rings. The average Bonchev–Trinajstić information content (AvgIpc) is 2.64. The van der Waals surface area contributed by atoms with Crippen LogP contribution in [0.15, 0.2) is 36.4 Å². The van der Waals surface area contributed by atoms with Gasteiger partial charge >= 0.3 is 0 Å². The highest BCUT2D eigenvalue weighted by Gasteiger charge is 2.38. The Morgan fingerprint density at radius 2 is 1.86 bits per heavy atom. The largest absolute Gasteiger partial charge is 0.363 e. The normalized spacial score (nSPS) is 20.9. The second-order valence-electron chi connectivity index (χ2n) is 8.18. The number of aromatic nitrogens is 1. The van der Waals surface area contributed by atoms with Gasteiger partial charge in [0.05, 0.1) is 6.04 Å². The van der Waals surface area contributed by atoms with E-state index in [1.807, 2.05) is 56.0 Å². The maximum Gasteiger partial charge on any atom is 0.251 e. The molecule has 6 heteroatoms. The highest BCUT2D eigenvalue weighted by Crippen LogP contribution is 2.42. The Labute approximate surface area is 172 Å². The van der Waals surface area contributed by atoms with E-state index in [1.54, 1.807) is 13.0 Å². The van der Waals surface area contributed by atoms with E-state index < -0.39 is 0 Å². The monoisotopic (exact) mass is 394 g/mol. The second kappa shape index (κ2) is 8.23. The van der Waals surface area contributed by atoms with Crippen LogP contribution in [0.3, 0.4) is 0 Å². The van der Waals surface area contributed by atoms with Crippen molar-refractivity contribution in [1.29, 1.82) is 0 Å². The van der Waals surface area contributed by atoms with Crippen LogP contribution in [-0.2, 0) is 4.79 Å². The van der Waals surface area contributed by atoms with E-state index >= 15 is 0 Å². The van der Waals surface area contributed by atoms with Crippen LogP contribution in [0.25, 0.3) is 0 Å². The summed E-state index contributed by atoms with van der Waals surface area (Å²) >= 11 is 0. The Bertz CT molecular complexity index is 925. The molecule has 2 heterocycles. The lowest BCUT2D eigenvalue weighted by molar-refractivity contribution is -0.117. The fourth-order valence-corrected chi connectivity index (χ4v) is 3.97. The second-order valence-corrected chi connectivity index (χ2v) is 8.18. The minimum atomic E-state index is -0.115. The van der Waals surface area contributed by atoms with Gasteiger partial charge in [-0.05, 0) is 63.6 Å². The third kappa shape index (κ3) is 4.26. The van der Waals surface area contributed by atoms with Crippen molar-refractivity contribution in [2.75, 3.05) is 10.2 Å². The molecule has 1 aliphatic heterocycles. The predicted molar refractivity (Wildman–Crippen MR) is 116 cm³/mol. The number of hydrogen-bond donors (Lipinski definition) is 2. The van der Waals surface area contributed by atoms with E-state index in [4.69, 9.17) is 0 Å². The molecule has 0 radical (unpaired) electrons. The summed E-state index contributed by atoms with van der Waals surface area (Å²) in [6.45, 7) is 11.6. The van der Waals surface area contributed by atoms with Gasteiger partial charge in [0.15, 0.2) is 0 Å². The van der Waals surface area contributed by atoms with Crippen molar-refractivity contribution in [2.24, 2.45) is 5.92 Å². The molecule has 154 valence electrons. The summed E-state index contributed by atoms with van der Waals surface area (Å²) in [5.41, 5.74) is 3.30. The summed E-state index contributed by atoms with van der Waals surface area (Å²) in [6, 6.07) is 11.4. The molecule has 0 aliphatic carbocycles. The zero-order valence-corrected chi connectivity index (χ0v) is 18.0. The number of hydrogen-bond acceptors (Lipinski definition) is 4. The smallest absolute Gasteiger partial charge is 0.251 e. The van der Waals surface area contributed by atoms with Crippen molar-refractivity contribution in [3.05, 3.63) is 53.2 Å². The van der Waals surface area contributed by atoms with Gasteiger partial charge in [-0.3, -0.25) is 9.59 Å². The van der Waals surface area contributed by atoms with E-state index in [0.29, 0.717) is 5.56 Å². The molecule has 3 rings (SSSR count). The van der Waals surface area contributed by atoms with Gasteiger partial charge in [-0.15, -0.1) is 0 Å². The summed E-state index contributed by atoms with van der Waals surface area (Å²) < 4.78 is 0. The summed E-state index contributed by atoms with van der Waals surface area (Å²) in [7, 11) is 0. The van der Waals surface area contributed by atoms with Crippen LogP contribution in [0.5, 0.6) is 0 Å². The number of nitrogens with one attached hydrogen (secondary N) is 2.